The van der Waals surface area contributed by atoms with Gasteiger partial charge in [0.15, 0.2) is 6.29 Å². The summed E-state index contributed by atoms with van der Waals surface area (Å²) in [7, 11) is -4.26. The summed E-state index contributed by atoms with van der Waals surface area (Å²) in [5.41, 5.74) is 1.51. The maximum atomic E-state index is 12.2. The van der Waals surface area contributed by atoms with Crippen molar-refractivity contribution in [1.82, 2.24) is 5.32 Å². The van der Waals surface area contributed by atoms with Gasteiger partial charge in [-0.25, -0.2) is 4.79 Å². The minimum atomic E-state index is -4.26. The van der Waals surface area contributed by atoms with E-state index in [9.17, 15) is 23.1 Å². The highest BCUT2D eigenvalue weighted by molar-refractivity contribution is 7.85. The Labute approximate surface area is 192 Å². The molecule has 0 aliphatic heterocycles. The van der Waals surface area contributed by atoms with E-state index in [0.717, 1.165) is 5.56 Å². The molecule has 2 rings (SSSR count). The van der Waals surface area contributed by atoms with E-state index in [1.165, 1.54) is 12.1 Å². The first-order valence-electron chi connectivity index (χ1n) is 10.2. The van der Waals surface area contributed by atoms with Crippen LogP contribution in [0, 0.1) is 0 Å². The van der Waals surface area contributed by atoms with Crippen LogP contribution >= 0.6 is 0 Å². The number of rotatable bonds is 12. The van der Waals surface area contributed by atoms with Crippen LogP contribution in [0.25, 0.3) is 0 Å². The second-order valence-corrected chi connectivity index (χ2v) is 8.59. The first kappa shape index (κ1) is 26.3. The van der Waals surface area contributed by atoms with Crippen LogP contribution < -0.4 is 10.1 Å². The molecule has 0 spiro atoms. The molecule has 2 unspecified atom stereocenters. The lowest BCUT2D eigenvalue weighted by atomic mass is 10.1. The van der Waals surface area contributed by atoms with Crippen molar-refractivity contribution in [2.45, 2.75) is 38.7 Å². The quantitative estimate of drug-likeness (QED) is 0.179. The molecule has 10 nitrogen and oxygen atoms in total. The second-order valence-electron chi connectivity index (χ2n) is 7.02. The number of carbonyl (C=O) groups is 2. The third-order valence-electron chi connectivity index (χ3n) is 4.37. The fourth-order valence-corrected chi connectivity index (χ4v) is 3.19. The summed E-state index contributed by atoms with van der Waals surface area (Å²) in [4.78, 5) is 23.9. The third-order valence-corrected chi connectivity index (χ3v) is 5.09. The van der Waals surface area contributed by atoms with Crippen molar-refractivity contribution in [3.8, 4) is 5.75 Å². The Morgan fingerprint density at radius 1 is 1.03 bits per heavy atom. The van der Waals surface area contributed by atoms with Crippen LogP contribution in [0.4, 0.5) is 4.79 Å². The number of hydrogen-bond donors (Lipinski definition) is 3. The first-order chi connectivity index (χ1) is 15.7. The lowest BCUT2D eigenvalue weighted by molar-refractivity contribution is -0.133. The Kier molecular flexibility index (Phi) is 10.3. The Balaban J connectivity index is 1.94. The minimum Gasteiger partial charge on any atom is -0.445 e. The number of ether oxygens (including phenoxy) is 3. The minimum absolute atomic E-state index is 0.0712. The van der Waals surface area contributed by atoms with Crippen molar-refractivity contribution >= 4 is 22.2 Å². The van der Waals surface area contributed by atoms with Gasteiger partial charge < -0.3 is 24.6 Å². The second kappa shape index (κ2) is 12.9. The van der Waals surface area contributed by atoms with E-state index in [2.05, 4.69) is 5.32 Å². The van der Waals surface area contributed by atoms with E-state index >= 15 is 0 Å². The highest BCUT2D eigenvalue weighted by atomic mass is 32.2. The zero-order valence-corrected chi connectivity index (χ0v) is 18.9. The van der Waals surface area contributed by atoms with Crippen LogP contribution in [-0.2, 0) is 37.4 Å². The SMILES string of the molecule is CCOC(O)C(Cc1ccc(OC(=O)CCS(=O)(=O)O)cc1)NC(=O)OCc1ccccc1. The summed E-state index contributed by atoms with van der Waals surface area (Å²) in [6, 6.07) is 14.5. The number of amides is 1. The van der Waals surface area contributed by atoms with Crippen molar-refractivity contribution in [2.24, 2.45) is 0 Å². The molecule has 0 aliphatic rings. The Bertz CT molecular complexity index is 994. The fourth-order valence-electron chi connectivity index (χ4n) is 2.77. The topological polar surface area (TPSA) is 148 Å². The number of nitrogens with one attached hydrogen (secondary N) is 1. The molecule has 2 atom stereocenters. The molecule has 0 radical (unpaired) electrons. The number of aliphatic hydroxyl groups is 1. The van der Waals surface area contributed by atoms with Crippen molar-refractivity contribution in [3.63, 3.8) is 0 Å². The summed E-state index contributed by atoms with van der Waals surface area (Å²) in [6.07, 6.45) is -2.29. The molecular formula is C22H27NO9S. The monoisotopic (exact) mass is 481 g/mol. The molecule has 2 aromatic carbocycles. The van der Waals surface area contributed by atoms with E-state index < -0.39 is 46.7 Å². The van der Waals surface area contributed by atoms with Crippen LogP contribution in [-0.4, -0.2) is 54.8 Å². The van der Waals surface area contributed by atoms with E-state index in [1.807, 2.05) is 30.3 Å². The molecule has 0 aromatic heterocycles. The first-order valence-corrected chi connectivity index (χ1v) is 11.8. The normalized spacial score (nSPS) is 13.1. The van der Waals surface area contributed by atoms with E-state index in [0.29, 0.717) is 5.56 Å². The molecule has 0 aliphatic carbocycles. The molecular weight excluding hydrogens is 454 g/mol. The van der Waals surface area contributed by atoms with Gasteiger partial charge in [0.1, 0.15) is 12.4 Å². The summed E-state index contributed by atoms with van der Waals surface area (Å²) in [6.45, 7) is 2.01. The van der Waals surface area contributed by atoms with Gasteiger partial charge in [0.2, 0.25) is 0 Å². The number of carbonyl (C=O) groups excluding carboxylic acids is 2. The van der Waals surface area contributed by atoms with Crippen LogP contribution in [0.2, 0.25) is 0 Å². The Morgan fingerprint density at radius 3 is 2.30 bits per heavy atom. The largest absolute Gasteiger partial charge is 0.445 e. The highest BCUT2D eigenvalue weighted by Crippen LogP contribution is 2.16. The summed E-state index contributed by atoms with van der Waals surface area (Å²) in [5, 5.41) is 12.9. The highest BCUT2D eigenvalue weighted by Gasteiger charge is 2.23. The maximum Gasteiger partial charge on any atom is 0.407 e. The average molecular weight is 482 g/mol. The van der Waals surface area contributed by atoms with Crippen molar-refractivity contribution in [3.05, 3.63) is 65.7 Å². The molecule has 0 saturated carbocycles. The van der Waals surface area contributed by atoms with Crippen LogP contribution in [0.15, 0.2) is 54.6 Å². The number of benzene rings is 2. The smallest absolute Gasteiger partial charge is 0.407 e. The van der Waals surface area contributed by atoms with Crippen LogP contribution in [0.5, 0.6) is 5.75 Å². The van der Waals surface area contributed by atoms with Gasteiger partial charge in [-0.05, 0) is 36.6 Å². The molecule has 0 bridgehead atoms. The maximum absolute atomic E-state index is 12.2. The van der Waals surface area contributed by atoms with E-state index in [1.54, 1.807) is 19.1 Å². The van der Waals surface area contributed by atoms with Gasteiger partial charge >= 0.3 is 12.1 Å². The predicted molar refractivity (Wildman–Crippen MR) is 118 cm³/mol. The van der Waals surface area contributed by atoms with Crippen LogP contribution in [0.1, 0.15) is 24.5 Å². The molecule has 33 heavy (non-hydrogen) atoms. The van der Waals surface area contributed by atoms with Gasteiger partial charge in [-0.15, -0.1) is 0 Å². The Hall–Kier alpha value is -2.99. The van der Waals surface area contributed by atoms with E-state index in [4.69, 9.17) is 18.8 Å². The summed E-state index contributed by atoms with van der Waals surface area (Å²) in [5.74, 6) is -1.36. The molecule has 180 valence electrons. The molecule has 0 heterocycles. The third kappa shape index (κ3) is 10.4. The van der Waals surface area contributed by atoms with Crippen molar-refractivity contribution in [1.29, 1.82) is 0 Å². The number of hydrogen-bond acceptors (Lipinski definition) is 8. The fraction of sp³-hybridized carbons (Fsp3) is 0.364. The Morgan fingerprint density at radius 2 is 1.70 bits per heavy atom. The predicted octanol–water partition coefficient (Wildman–Crippen LogP) is 2.06. The zero-order valence-electron chi connectivity index (χ0n) is 18.0. The van der Waals surface area contributed by atoms with Crippen molar-refractivity contribution in [2.75, 3.05) is 12.4 Å². The van der Waals surface area contributed by atoms with Gasteiger partial charge in [0.25, 0.3) is 10.1 Å². The summed E-state index contributed by atoms with van der Waals surface area (Å²) >= 11 is 0. The van der Waals surface area contributed by atoms with Crippen molar-refractivity contribution < 1.29 is 41.9 Å². The summed E-state index contributed by atoms with van der Waals surface area (Å²) < 4.78 is 45.5. The molecule has 0 fully saturated rings. The molecule has 0 saturated heterocycles. The van der Waals surface area contributed by atoms with Crippen LogP contribution in [0.3, 0.4) is 0 Å². The van der Waals surface area contributed by atoms with Gasteiger partial charge in [-0.3, -0.25) is 9.35 Å². The molecule has 3 N–H and O–H groups in total. The lowest BCUT2D eigenvalue weighted by Crippen LogP contribution is -2.46. The van der Waals surface area contributed by atoms with Gasteiger partial charge in [-0.2, -0.15) is 8.42 Å². The number of esters is 1. The zero-order chi connectivity index (χ0) is 24.3. The molecule has 1 amide bonds. The molecule has 11 heteroatoms. The number of aliphatic hydroxyl groups excluding tert-OH is 1. The van der Waals surface area contributed by atoms with E-state index in [-0.39, 0.29) is 25.4 Å². The van der Waals surface area contributed by atoms with Gasteiger partial charge in [-0.1, -0.05) is 42.5 Å². The molecule has 2 aromatic rings. The van der Waals surface area contributed by atoms with Gasteiger partial charge in [0, 0.05) is 6.61 Å². The standard InChI is InChI=1S/C22H27NO9S/c1-2-30-21(25)19(23-22(26)31-15-17-6-4-3-5-7-17)14-16-8-10-18(11-9-16)32-20(24)12-13-33(27,28)29/h3-11,19,21,25H,2,12-15H2,1H3,(H,23,26)(H,27,28,29). The lowest BCUT2D eigenvalue weighted by Gasteiger charge is -2.24. The number of alkyl carbamates (subject to hydrolysis) is 1. The average Bonchev–Trinajstić information content (AvgIpc) is 2.77. The van der Waals surface area contributed by atoms with Gasteiger partial charge in [0.05, 0.1) is 18.2 Å².